The maximum absolute atomic E-state index is 11.8. The zero-order valence-corrected chi connectivity index (χ0v) is 35.4. The highest BCUT2D eigenvalue weighted by atomic mass is 19.4. The van der Waals surface area contributed by atoms with Gasteiger partial charge in [0.1, 0.15) is 0 Å². The van der Waals surface area contributed by atoms with Gasteiger partial charge in [-0.3, -0.25) is 24.0 Å². The summed E-state index contributed by atoms with van der Waals surface area (Å²) in [5, 5.41) is 7.33. The van der Waals surface area contributed by atoms with Gasteiger partial charge in [-0.1, -0.05) is 0 Å². The molecule has 1 aliphatic heterocycles. The predicted molar refractivity (Wildman–Crippen MR) is 202 cm³/mol. The third-order valence-corrected chi connectivity index (χ3v) is 6.95. The Labute approximate surface area is 316 Å². The summed E-state index contributed by atoms with van der Waals surface area (Å²) in [7, 11) is 1.73. The number of nitrogens with zero attached hydrogens (tertiary/aromatic N) is 3. The van der Waals surface area contributed by atoms with Gasteiger partial charge >= 0.3 is 18.2 Å². The molecule has 0 aromatic rings. The number of rotatable bonds is 9. The number of amides is 6. The van der Waals surface area contributed by atoms with E-state index >= 15 is 0 Å². The summed E-state index contributed by atoms with van der Waals surface area (Å²) in [6, 6.07) is 0. The van der Waals surface area contributed by atoms with Crippen LogP contribution in [0, 0.1) is 0 Å². The fraction of sp³-hybridized carbons (Fsp3) is 0.838. The van der Waals surface area contributed by atoms with Crippen LogP contribution in [-0.4, -0.2) is 118 Å². The molecule has 0 aliphatic carbocycles. The van der Waals surface area contributed by atoms with Crippen LogP contribution >= 0.6 is 0 Å². The molecule has 0 saturated carbocycles. The van der Waals surface area contributed by atoms with Crippen LogP contribution in [0.15, 0.2) is 0 Å². The molecule has 6 amide bonds. The molecule has 0 atom stereocenters. The summed E-state index contributed by atoms with van der Waals surface area (Å²) in [6.45, 7) is 30.6. The second-order valence-corrected chi connectivity index (χ2v) is 16.6. The highest BCUT2D eigenvalue weighted by Gasteiger charge is 2.40. The van der Waals surface area contributed by atoms with Gasteiger partial charge in [0.25, 0.3) is 0 Å². The molecule has 0 radical (unpaired) electrons. The predicted octanol–water partition coefficient (Wildman–Crippen LogP) is 5.80. The monoisotopic (exact) mass is 769 g/mol. The largest absolute Gasteiger partial charge is 0.471 e. The van der Waals surface area contributed by atoms with Crippen molar-refractivity contribution in [1.82, 2.24) is 30.7 Å². The highest BCUT2D eigenvalue weighted by Crippen LogP contribution is 2.16. The van der Waals surface area contributed by atoms with Gasteiger partial charge in [0.2, 0.25) is 23.6 Å². The standard InChI is InChI=1S/C12H22N2O2.C11H22N2O2.C8H17NO2.C6H10F3NO/c1-12(2,3)13-10(15)6-4-8-14-9-5-7-11(14)16;1-6-13(11(3,4)5)10(15)7-8-12-9(2)14;1-6-11-7(10)9(5)8(2,3)4;1-5(2,3)10-4(11)6(7,8)9/h4-9H2,1-3H3,(H,13,15);6-8H2,1-5H3,(H,12,14);6H2,1-5H3;1-3H3,(H,10,11). The maximum atomic E-state index is 11.8. The number of halogens is 3. The number of hydrogen-bond acceptors (Lipinski definition) is 7. The van der Waals surface area contributed by atoms with E-state index < -0.39 is 17.6 Å². The Balaban J connectivity index is -0.000000639. The van der Waals surface area contributed by atoms with Gasteiger partial charge in [0, 0.05) is 81.6 Å². The normalized spacial score (nSPS) is 13.1. The highest BCUT2D eigenvalue weighted by molar-refractivity contribution is 5.82. The molecule has 1 fully saturated rings. The van der Waals surface area contributed by atoms with Crippen LogP contribution in [0.1, 0.15) is 136 Å². The molecule has 0 aromatic heterocycles. The van der Waals surface area contributed by atoms with Crippen molar-refractivity contribution in [3.63, 3.8) is 0 Å². The third-order valence-electron chi connectivity index (χ3n) is 6.95. The second kappa shape index (κ2) is 23.9. The summed E-state index contributed by atoms with van der Waals surface area (Å²) in [6.07, 6.45) is -1.78. The smallest absolute Gasteiger partial charge is 0.450 e. The first kappa shape index (κ1) is 53.8. The minimum absolute atomic E-state index is 0.0687. The maximum Gasteiger partial charge on any atom is 0.471 e. The Morgan fingerprint density at radius 1 is 0.811 bits per heavy atom. The molecule has 3 N–H and O–H groups in total. The van der Waals surface area contributed by atoms with Gasteiger partial charge in [-0.25, -0.2) is 4.79 Å². The summed E-state index contributed by atoms with van der Waals surface area (Å²) >= 11 is 0. The quantitative estimate of drug-likeness (QED) is 0.268. The van der Waals surface area contributed by atoms with Gasteiger partial charge in [0.05, 0.1) is 6.61 Å². The number of likely N-dealkylation sites (tertiary alicyclic amines) is 1. The molecule has 312 valence electrons. The van der Waals surface area contributed by atoms with Gasteiger partial charge < -0.3 is 35.4 Å². The van der Waals surface area contributed by atoms with Crippen molar-refractivity contribution in [2.75, 3.05) is 39.8 Å². The molecule has 1 rings (SSSR count). The molecule has 1 aliphatic rings. The molecule has 53 heavy (non-hydrogen) atoms. The Morgan fingerprint density at radius 2 is 1.32 bits per heavy atom. The fourth-order valence-corrected chi connectivity index (χ4v) is 4.26. The van der Waals surface area contributed by atoms with Gasteiger partial charge in [-0.05, 0) is 110 Å². The van der Waals surface area contributed by atoms with Crippen LogP contribution in [0.3, 0.4) is 0 Å². The number of ether oxygens (including phenoxy) is 1. The Hall–Kier alpha value is -3.59. The van der Waals surface area contributed by atoms with Crippen LogP contribution < -0.4 is 16.0 Å². The summed E-state index contributed by atoms with van der Waals surface area (Å²) in [4.78, 5) is 71.8. The Morgan fingerprint density at radius 3 is 1.64 bits per heavy atom. The number of alkyl halides is 3. The zero-order valence-electron chi connectivity index (χ0n) is 35.4. The topological polar surface area (TPSA) is 157 Å². The molecule has 0 aromatic carbocycles. The molecule has 16 heteroatoms. The lowest BCUT2D eigenvalue weighted by atomic mass is 10.1. The van der Waals surface area contributed by atoms with Crippen molar-refractivity contribution in [2.24, 2.45) is 0 Å². The summed E-state index contributed by atoms with van der Waals surface area (Å²) in [5.41, 5.74) is -1.32. The Bertz CT molecular complexity index is 1150. The van der Waals surface area contributed by atoms with Crippen LogP contribution in [0.4, 0.5) is 18.0 Å². The van der Waals surface area contributed by atoms with Crippen molar-refractivity contribution in [1.29, 1.82) is 0 Å². The third kappa shape index (κ3) is 29.5. The molecular weight excluding hydrogens is 697 g/mol. The minimum atomic E-state index is -4.78. The van der Waals surface area contributed by atoms with Crippen LogP contribution in [0.2, 0.25) is 0 Å². The van der Waals surface area contributed by atoms with Crippen molar-refractivity contribution in [3.05, 3.63) is 0 Å². The first-order chi connectivity index (χ1) is 23.7. The van der Waals surface area contributed by atoms with E-state index in [0.29, 0.717) is 39.0 Å². The first-order valence-corrected chi connectivity index (χ1v) is 18.1. The second-order valence-electron chi connectivity index (χ2n) is 16.6. The van der Waals surface area contributed by atoms with E-state index in [0.717, 1.165) is 25.9 Å². The van der Waals surface area contributed by atoms with Crippen molar-refractivity contribution in [2.45, 2.75) is 164 Å². The molecule has 0 unspecified atom stereocenters. The average molecular weight is 769 g/mol. The lowest BCUT2D eigenvalue weighted by Crippen LogP contribution is -2.47. The fourth-order valence-electron chi connectivity index (χ4n) is 4.26. The van der Waals surface area contributed by atoms with Crippen molar-refractivity contribution < 1.29 is 46.7 Å². The van der Waals surface area contributed by atoms with E-state index in [2.05, 4.69) is 10.6 Å². The number of carbonyl (C=O) groups excluding carboxylic acids is 6. The van der Waals surface area contributed by atoms with Gasteiger partial charge in [0.15, 0.2) is 0 Å². The van der Waals surface area contributed by atoms with Crippen molar-refractivity contribution >= 4 is 35.6 Å². The molecule has 1 saturated heterocycles. The molecule has 13 nitrogen and oxygen atoms in total. The van der Waals surface area contributed by atoms with E-state index in [1.807, 2.05) is 79.0 Å². The van der Waals surface area contributed by atoms with E-state index in [1.54, 1.807) is 24.2 Å². The minimum Gasteiger partial charge on any atom is -0.450 e. The van der Waals surface area contributed by atoms with Crippen molar-refractivity contribution in [3.8, 4) is 0 Å². The number of nitrogens with one attached hydrogen (secondary N) is 3. The summed E-state index contributed by atoms with van der Waals surface area (Å²) in [5.74, 6) is -1.61. The van der Waals surface area contributed by atoms with E-state index in [-0.39, 0.29) is 46.3 Å². The molecular formula is C37H71F3N6O7. The summed E-state index contributed by atoms with van der Waals surface area (Å²) < 4.78 is 39.5. The average Bonchev–Trinajstić information content (AvgIpc) is 3.34. The SMILES string of the molecule is CC(C)(C)NC(=O)C(F)(F)F.CC(C)(C)NC(=O)CCCN1CCCC1=O.CCN(C(=O)CCNC(C)=O)C(C)(C)C.CCOC(=O)N(C)C(C)(C)C. The first-order valence-electron chi connectivity index (χ1n) is 18.1. The number of hydrogen-bond donors (Lipinski definition) is 3. The lowest BCUT2D eigenvalue weighted by Gasteiger charge is -2.35. The zero-order chi connectivity index (χ0) is 42.6. The molecule has 1 heterocycles. The van der Waals surface area contributed by atoms with E-state index in [1.165, 1.54) is 27.7 Å². The number of carbonyl (C=O) groups is 6. The van der Waals surface area contributed by atoms with Crippen LogP contribution in [-0.2, 0) is 28.7 Å². The Kier molecular flexibility index (Phi) is 24.3. The van der Waals surface area contributed by atoms with Crippen LogP contribution in [0.5, 0.6) is 0 Å². The van der Waals surface area contributed by atoms with E-state index in [9.17, 15) is 41.9 Å². The van der Waals surface area contributed by atoms with Gasteiger partial charge in [-0.15, -0.1) is 0 Å². The van der Waals surface area contributed by atoms with E-state index in [4.69, 9.17) is 4.74 Å². The molecule has 0 bridgehead atoms. The van der Waals surface area contributed by atoms with Gasteiger partial charge in [-0.2, -0.15) is 13.2 Å². The molecule has 0 spiro atoms. The lowest BCUT2D eigenvalue weighted by molar-refractivity contribution is -0.175. The van der Waals surface area contributed by atoms with Crippen LogP contribution in [0.25, 0.3) is 0 Å².